The smallest absolute Gasteiger partial charge is 0.228 e. The van der Waals surface area contributed by atoms with Gasteiger partial charge in [-0.2, -0.15) is 5.10 Å². The van der Waals surface area contributed by atoms with E-state index < -0.39 is 0 Å². The maximum Gasteiger partial charge on any atom is 0.228 e. The Morgan fingerprint density at radius 1 is 1.22 bits per heavy atom. The Morgan fingerprint density at radius 2 is 2.09 bits per heavy atom. The van der Waals surface area contributed by atoms with Gasteiger partial charge < -0.3 is 5.32 Å². The number of hydrogen-bond acceptors (Lipinski definition) is 3. The standard InChI is InChI=1S/C16H12Cl2N4O/c17-12-3-2-11(14(18)9-12)8-16(23)21-13-4-5-15(19-10-13)22-7-1-6-20-22/h1-7,9-10H,8H2,(H,21,23). The monoisotopic (exact) mass is 346 g/mol. The molecule has 2 heterocycles. The van der Waals surface area contributed by atoms with Crippen molar-refractivity contribution in [2.24, 2.45) is 0 Å². The highest BCUT2D eigenvalue weighted by molar-refractivity contribution is 6.35. The third kappa shape index (κ3) is 3.88. The molecular weight excluding hydrogens is 335 g/mol. The maximum absolute atomic E-state index is 12.1. The predicted molar refractivity (Wildman–Crippen MR) is 90.2 cm³/mol. The fourth-order valence-electron chi connectivity index (χ4n) is 2.04. The summed E-state index contributed by atoms with van der Waals surface area (Å²) in [7, 11) is 0. The Bertz CT molecular complexity index is 817. The minimum Gasteiger partial charge on any atom is -0.324 e. The van der Waals surface area contributed by atoms with E-state index in [1.54, 1.807) is 53.6 Å². The van der Waals surface area contributed by atoms with Crippen LogP contribution in [-0.4, -0.2) is 20.7 Å². The van der Waals surface area contributed by atoms with Crippen molar-refractivity contribution >= 4 is 34.8 Å². The third-order valence-electron chi connectivity index (χ3n) is 3.14. The van der Waals surface area contributed by atoms with Gasteiger partial charge in [0.2, 0.25) is 5.91 Å². The van der Waals surface area contributed by atoms with Gasteiger partial charge in [-0.3, -0.25) is 4.79 Å². The summed E-state index contributed by atoms with van der Waals surface area (Å²) in [6, 6.07) is 10.4. The van der Waals surface area contributed by atoms with Gasteiger partial charge in [0.15, 0.2) is 5.82 Å². The minimum absolute atomic E-state index is 0.164. The number of rotatable bonds is 4. The lowest BCUT2D eigenvalue weighted by Crippen LogP contribution is -2.15. The molecule has 0 atom stereocenters. The van der Waals surface area contributed by atoms with Crippen LogP contribution in [0.1, 0.15) is 5.56 Å². The number of aromatic nitrogens is 3. The first-order valence-corrected chi connectivity index (χ1v) is 7.57. The molecule has 0 radical (unpaired) electrons. The average Bonchev–Trinajstić information content (AvgIpc) is 3.05. The van der Waals surface area contributed by atoms with Crippen LogP contribution in [0.25, 0.3) is 5.82 Å². The van der Waals surface area contributed by atoms with Crippen LogP contribution in [0, 0.1) is 0 Å². The summed E-state index contributed by atoms with van der Waals surface area (Å²) >= 11 is 11.9. The second kappa shape index (κ2) is 6.81. The highest BCUT2D eigenvalue weighted by Crippen LogP contribution is 2.21. The molecule has 1 aromatic carbocycles. The molecule has 0 fully saturated rings. The largest absolute Gasteiger partial charge is 0.324 e. The van der Waals surface area contributed by atoms with Crippen molar-refractivity contribution in [1.82, 2.24) is 14.8 Å². The Balaban J connectivity index is 1.66. The Kier molecular flexibility index (Phi) is 4.60. The quantitative estimate of drug-likeness (QED) is 0.782. The van der Waals surface area contributed by atoms with Crippen molar-refractivity contribution < 1.29 is 4.79 Å². The Labute approximate surface area is 142 Å². The van der Waals surface area contributed by atoms with Gasteiger partial charge >= 0.3 is 0 Å². The van der Waals surface area contributed by atoms with Crippen molar-refractivity contribution in [3.05, 3.63) is 70.6 Å². The molecule has 2 aromatic heterocycles. The van der Waals surface area contributed by atoms with E-state index in [2.05, 4.69) is 15.4 Å². The molecule has 116 valence electrons. The number of hydrogen-bond donors (Lipinski definition) is 1. The molecule has 0 saturated carbocycles. The normalized spacial score (nSPS) is 10.5. The van der Waals surface area contributed by atoms with E-state index in [-0.39, 0.29) is 12.3 Å². The number of anilines is 1. The van der Waals surface area contributed by atoms with Crippen molar-refractivity contribution in [3.8, 4) is 5.82 Å². The topological polar surface area (TPSA) is 59.8 Å². The van der Waals surface area contributed by atoms with Gasteiger partial charge in [0.1, 0.15) is 0 Å². The number of carbonyl (C=O) groups is 1. The highest BCUT2D eigenvalue weighted by Gasteiger charge is 2.08. The number of benzene rings is 1. The second-order valence-corrected chi connectivity index (χ2v) is 5.66. The van der Waals surface area contributed by atoms with Crippen LogP contribution in [0.3, 0.4) is 0 Å². The molecular formula is C16H12Cl2N4O. The van der Waals surface area contributed by atoms with Crippen molar-refractivity contribution in [2.45, 2.75) is 6.42 Å². The molecule has 0 bridgehead atoms. The molecule has 0 aliphatic carbocycles. The van der Waals surface area contributed by atoms with Crippen LogP contribution in [0.2, 0.25) is 10.0 Å². The van der Waals surface area contributed by atoms with Crippen LogP contribution < -0.4 is 5.32 Å². The molecule has 1 N–H and O–H groups in total. The summed E-state index contributed by atoms with van der Waals surface area (Å²) in [5.74, 6) is 0.497. The summed E-state index contributed by atoms with van der Waals surface area (Å²) in [6.45, 7) is 0. The summed E-state index contributed by atoms with van der Waals surface area (Å²) in [5.41, 5.74) is 1.32. The van der Waals surface area contributed by atoms with Crippen molar-refractivity contribution in [3.63, 3.8) is 0 Å². The number of amides is 1. The van der Waals surface area contributed by atoms with Gasteiger partial charge in [-0.25, -0.2) is 9.67 Å². The van der Waals surface area contributed by atoms with Gasteiger partial charge in [-0.05, 0) is 35.9 Å². The number of halogens is 2. The molecule has 5 nitrogen and oxygen atoms in total. The number of pyridine rings is 1. The first kappa shape index (κ1) is 15.5. The van der Waals surface area contributed by atoms with E-state index in [0.29, 0.717) is 21.6 Å². The van der Waals surface area contributed by atoms with Gasteiger partial charge in [-0.15, -0.1) is 0 Å². The molecule has 0 unspecified atom stereocenters. The average molecular weight is 347 g/mol. The SMILES string of the molecule is O=C(Cc1ccc(Cl)cc1Cl)Nc1ccc(-n2cccn2)nc1. The van der Waals surface area contributed by atoms with E-state index in [9.17, 15) is 4.79 Å². The zero-order chi connectivity index (χ0) is 16.2. The lowest BCUT2D eigenvalue weighted by molar-refractivity contribution is -0.115. The Morgan fingerprint density at radius 3 is 2.74 bits per heavy atom. The van der Waals surface area contributed by atoms with Crippen molar-refractivity contribution in [1.29, 1.82) is 0 Å². The number of carbonyl (C=O) groups excluding carboxylic acids is 1. The summed E-state index contributed by atoms with van der Waals surface area (Å²) in [5, 5.41) is 7.88. The predicted octanol–water partition coefficient (Wildman–Crippen LogP) is 3.76. The van der Waals surface area contributed by atoms with E-state index in [1.807, 2.05) is 6.07 Å². The van der Waals surface area contributed by atoms with Gasteiger partial charge in [0.05, 0.1) is 18.3 Å². The molecule has 23 heavy (non-hydrogen) atoms. The van der Waals surface area contributed by atoms with Crippen LogP contribution in [0.15, 0.2) is 55.0 Å². The van der Waals surface area contributed by atoms with E-state index >= 15 is 0 Å². The zero-order valence-corrected chi connectivity index (χ0v) is 13.4. The summed E-state index contributed by atoms with van der Waals surface area (Å²) in [4.78, 5) is 16.3. The van der Waals surface area contributed by atoms with E-state index in [0.717, 1.165) is 5.56 Å². The molecule has 0 spiro atoms. The minimum atomic E-state index is -0.178. The summed E-state index contributed by atoms with van der Waals surface area (Å²) in [6.07, 6.45) is 5.21. The summed E-state index contributed by atoms with van der Waals surface area (Å²) < 4.78 is 1.64. The molecule has 3 rings (SSSR count). The second-order valence-electron chi connectivity index (χ2n) is 4.82. The van der Waals surface area contributed by atoms with Crippen LogP contribution in [0.5, 0.6) is 0 Å². The van der Waals surface area contributed by atoms with Gasteiger partial charge in [-0.1, -0.05) is 29.3 Å². The van der Waals surface area contributed by atoms with Crippen LogP contribution in [0.4, 0.5) is 5.69 Å². The van der Waals surface area contributed by atoms with Crippen LogP contribution in [-0.2, 0) is 11.2 Å². The zero-order valence-electron chi connectivity index (χ0n) is 11.9. The molecule has 7 heteroatoms. The maximum atomic E-state index is 12.1. The number of nitrogens with zero attached hydrogens (tertiary/aromatic N) is 3. The third-order valence-corrected chi connectivity index (χ3v) is 3.72. The molecule has 0 aliphatic rings. The van der Waals surface area contributed by atoms with E-state index in [4.69, 9.17) is 23.2 Å². The fraction of sp³-hybridized carbons (Fsp3) is 0.0625. The number of nitrogens with one attached hydrogen (secondary N) is 1. The molecule has 1 amide bonds. The lowest BCUT2D eigenvalue weighted by atomic mass is 10.1. The molecule has 3 aromatic rings. The molecule has 0 saturated heterocycles. The first-order chi connectivity index (χ1) is 11.1. The first-order valence-electron chi connectivity index (χ1n) is 6.82. The molecule has 0 aliphatic heterocycles. The fourth-order valence-corrected chi connectivity index (χ4v) is 2.52. The van der Waals surface area contributed by atoms with Crippen molar-refractivity contribution in [2.75, 3.05) is 5.32 Å². The van der Waals surface area contributed by atoms with Crippen LogP contribution >= 0.6 is 23.2 Å². The lowest BCUT2D eigenvalue weighted by Gasteiger charge is -2.07. The Hall–Kier alpha value is -2.37. The van der Waals surface area contributed by atoms with E-state index in [1.165, 1.54) is 0 Å². The van der Waals surface area contributed by atoms with Gasteiger partial charge in [0.25, 0.3) is 0 Å². The highest BCUT2D eigenvalue weighted by atomic mass is 35.5. The van der Waals surface area contributed by atoms with Gasteiger partial charge in [0, 0.05) is 22.4 Å².